The highest BCUT2D eigenvalue weighted by atomic mass is 35.5. The van der Waals surface area contributed by atoms with Crippen LogP contribution in [0.2, 0.25) is 5.02 Å². The number of halogens is 2. The molecule has 0 spiro atoms. The maximum Gasteiger partial charge on any atom is 0.138 e. The van der Waals surface area contributed by atoms with E-state index in [2.05, 4.69) is 9.24 Å². The Morgan fingerprint density at radius 2 is 2.16 bits per heavy atom. The van der Waals surface area contributed by atoms with E-state index in [4.69, 9.17) is 11.6 Å². The summed E-state index contributed by atoms with van der Waals surface area (Å²) in [4.78, 5) is 13.8. The molecule has 0 N–H and O–H groups in total. The molecule has 0 aromatic heterocycles. The smallest absolute Gasteiger partial charge is 0.138 e. The first-order valence-electron chi connectivity index (χ1n) is 6.33. The van der Waals surface area contributed by atoms with Crippen LogP contribution in [0.15, 0.2) is 24.3 Å². The van der Waals surface area contributed by atoms with E-state index in [1.807, 2.05) is 17.0 Å². The Balaban J connectivity index is 2.09. The Morgan fingerprint density at radius 3 is 2.63 bits per heavy atom. The van der Waals surface area contributed by atoms with Crippen molar-refractivity contribution in [3.8, 4) is 0 Å². The fourth-order valence-electron chi connectivity index (χ4n) is 2.45. The number of hydrogen-bond donors (Lipinski definition) is 0. The summed E-state index contributed by atoms with van der Waals surface area (Å²) in [5.41, 5.74) is 0.942. The fourth-order valence-corrected chi connectivity index (χ4v) is 2.96. The summed E-state index contributed by atoms with van der Waals surface area (Å²) in [6.45, 7) is 3.21. The predicted molar refractivity (Wildman–Crippen MR) is 79.5 cm³/mol. The van der Waals surface area contributed by atoms with Crippen molar-refractivity contribution in [3.63, 3.8) is 0 Å². The van der Waals surface area contributed by atoms with Gasteiger partial charge in [-0.15, -0.1) is 0 Å². The molecule has 3 atom stereocenters. The molecule has 0 amide bonds. The normalized spacial score (nSPS) is 25.5. The van der Waals surface area contributed by atoms with Crippen LogP contribution in [0.25, 0.3) is 0 Å². The topological polar surface area (TPSA) is 20.3 Å². The van der Waals surface area contributed by atoms with E-state index in [1.54, 1.807) is 19.1 Å². The maximum absolute atomic E-state index is 13.8. The molecule has 0 bridgehead atoms. The van der Waals surface area contributed by atoms with Gasteiger partial charge in [0.25, 0.3) is 0 Å². The number of carbonyl (C=O) groups excluding carboxylic acids is 1. The fraction of sp³-hybridized carbons (Fsp3) is 0.500. The first kappa shape index (κ1) is 14.9. The first-order valence-corrected chi connectivity index (χ1v) is 7.29. The number of ketones is 1. The van der Waals surface area contributed by atoms with Gasteiger partial charge >= 0.3 is 0 Å². The van der Waals surface area contributed by atoms with Crippen molar-refractivity contribution in [3.05, 3.63) is 34.9 Å². The Hall–Kier alpha value is -0.500. The van der Waals surface area contributed by atoms with Crippen molar-refractivity contribution >= 4 is 26.6 Å². The van der Waals surface area contributed by atoms with Gasteiger partial charge in [0.05, 0.1) is 5.92 Å². The standard InChI is InChI=1S/C14H18ClFNOP/c1-10(18)13(11-2-4-12(15)5-3-11)8-17-7-6-14(16,19)9-17/h2-5,13H,6-9,19H2,1H3. The maximum atomic E-state index is 13.8. The number of carbonyl (C=O) groups is 1. The zero-order valence-corrected chi connectivity index (χ0v) is 12.8. The molecule has 1 saturated heterocycles. The third-order valence-corrected chi connectivity index (χ3v) is 4.26. The molecule has 2 nitrogen and oxygen atoms in total. The molecule has 1 aliphatic heterocycles. The van der Waals surface area contributed by atoms with E-state index in [9.17, 15) is 9.18 Å². The summed E-state index contributed by atoms with van der Waals surface area (Å²) >= 11 is 5.86. The van der Waals surface area contributed by atoms with Crippen LogP contribution in [-0.4, -0.2) is 35.7 Å². The van der Waals surface area contributed by atoms with Gasteiger partial charge in [-0.25, -0.2) is 4.39 Å². The lowest BCUT2D eigenvalue weighted by Crippen LogP contribution is -2.31. The predicted octanol–water partition coefficient (Wildman–Crippen LogP) is 3.26. The summed E-state index contributed by atoms with van der Waals surface area (Å²) in [5.74, 6) is -0.112. The minimum atomic E-state index is -1.21. The summed E-state index contributed by atoms with van der Waals surface area (Å²) in [6, 6.07) is 7.31. The Kier molecular flexibility index (Phi) is 4.60. The number of nitrogens with zero attached hydrogens (tertiary/aromatic N) is 1. The molecule has 1 aliphatic rings. The number of Topliss-reactive ketones (excluding diaryl/α,β-unsaturated/α-hetero) is 1. The van der Waals surface area contributed by atoms with Crippen LogP contribution >= 0.6 is 20.8 Å². The largest absolute Gasteiger partial charge is 0.299 e. The molecule has 3 unspecified atom stereocenters. The molecule has 0 aliphatic carbocycles. The van der Waals surface area contributed by atoms with Gasteiger partial charge in [-0.2, -0.15) is 0 Å². The van der Waals surface area contributed by atoms with Gasteiger partial charge in [0.15, 0.2) is 0 Å². The molecule has 2 rings (SSSR count). The third-order valence-electron chi connectivity index (χ3n) is 3.53. The quantitative estimate of drug-likeness (QED) is 0.796. The molecule has 1 fully saturated rings. The number of hydrogen-bond acceptors (Lipinski definition) is 2. The van der Waals surface area contributed by atoms with E-state index in [0.717, 1.165) is 5.56 Å². The number of alkyl halides is 1. The zero-order chi connectivity index (χ0) is 14.0. The molecular formula is C14H18ClFNOP. The minimum Gasteiger partial charge on any atom is -0.299 e. The van der Waals surface area contributed by atoms with E-state index in [-0.39, 0.29) is 11.7 Å². The molecule has 1 aromatic carbocycles. The molecule has 19 heavy (non-hydrogen) atoms. The van der Waals surface area contributed by atoms with Crippen molar-refractivity contribution < 1.29 is 9.18 Å². The minimum absolute atomic E-state index is 0.0995. The van der Waals surface area contributed by atoms with Crippen molar-refractivity contribution in [2.24, 2.45) is 0 Å². The van der Waals surface area contributed by atoms with Crippen LogP contribution in [0.5, 0.6) is 0 Å². The molecule has 5 heteroatoms. The second kappa shape index (κ2) is 5.87. The second-order valence-electron chi connectivity index (χ2n) is 5.23. The van der Waals surface area contributed by atoms with Crippen molar-refractivity contribution in [2.45, 2.75) is 24.7 Å². The summed E-state index contributed by atoms with van der Waals surface area (Å²) in [5, 5.41) is -0.554. The van der Waals surface area contributed by atoms with Gasteiger partial charge in [-0.05, 0) is 31.0 Å². The highest BCUT2D eigenvalue weighted by Crippen LogP contribution is 2.33. The highest BCUT2D eigenvalue weighted by Gasteiger charge is 2.35. The van der Waals surface area contributed by atoms with E-state index < -0.39 is 5.41 Å². The molecular weight excluding hydrogens is 284 g/mol. The van der Waals surface area contributed by atoms with Gasteiger partial charge in [-0.1, -0.05) is 33.0 Å². The van der Waals surface area contributed by atoms with Crippen LogP contribution < -0.4 is 0 Å². The lowest BCUT2D eigenvalue weighted by Gasteiger charge is -2.22. The van der Waals surface area contributed by atoms with Crippen LogP contribution in [0.4, 0.5) is 4.39 Å². The number of benzene rings is 1. The summed E-state index contributed by atoms with van der Waals surface area (Å²) in [6.07, 6.45) is 0.503. The monoisotopic (exact) mass is 301 g/mol. The van der Waals surface area contributed by atoms with Crippen LogP contribution in [0.3, 0.4) is 0 Å². The average molecular weight is 302 g/mol. The summed E-state index contributed by atoms with van der Waals surface area (Å²) in [7, 11) is 2.26. The zero-order valence-electron chi connectivity index (χ0n) is 10.9. The van der Waals surface area contributed by atoms with E-state index in [1.165, 1.54) is 0 Å². The van der Waals surface area contributed by atoms with Crippen molar-refractivity contribution in [1.82, 2.24) is 4.90 Å². The van der Waals surface area contributed by atoms with Gasteiger partial charge in [0, 0.05) is 24.7 Å². The Bertz CT molecular complexity index is 463. The van der Waals surface area contributed by atoms with Gasteiger partial charge in [-0.3, -0.25) is 9.69 Å². The lowest BCUT2D eigenvalue weighted by molar-refractivity contribution is -0.118. The first-order chi connectivity index (χ1) is 8.87. The molecule has 104 valence electrons. The van der Waals surface area contributed by atoms with Crippen LogP contribution in [0.1, 0.15) is 24.8 Å². The third kappa shape index (κ3) is 3.98. The average Bonchev–Trinajstić information content (AvgIpc) is 2.67. The van der Waals surface area contributed by atoms with E-state index >= 15 is 0 Å². The molecule has 0 saturated carbocycles. The highest BCUT2D eigenvalue weighted by molar-refractivity contribution is 7.18. The Labute approximate surface area is 120 Å². The van der Waals surface area contributed by atoms with Crippen molar-refractivity contribution in [2.75, 3.05) is 19.6 Å². The van der Waals surface area contributed by atoms with Gasteiger partial charge < -0.3 is 0 Å². The molecule has 0 radical (unpaired) electrons. The summed E-state index contributed by atoms with van der Waals surface area (Å²) < 4.78 is 13.8. The SMILES string of the molecule is CC(=O)C(CN1CCC(F)(P)C1)c1ccc(Cl)cc1. The molecule has 1 aromatic rings. The van der Waals surface area contributed by atoms with Gasteiger partial charge in [0.1, 0.15) is 11.2 Å². The van der Waals surface area contributed by atoms with Crippen LogP contribution in [-0.2, 0) is 4.79 Å². The van der Waals surface area contributed by atoms with E-state index in [0.29, 0.717) is 31.1 Å². The Morgan fingerprint density at radius 1 is 1.53 bits per heavy atom. The van der Waals surface area contributed by atoms with Crippen LogP contribution in [0, 0.1) is 0 Å². The van der Waals surface area contributed by atoms with Crippen molar-refractivity contribution in [1.29, 1.82) is 0 Å². The number of rotatable bonds is 4. The lowest BCUT2D eigenvalue weighted by atomic mass is 9.95. The van der Waals surface area contributed by atoms with Gasteiger partial charge in [0.2, 0.25) is 0 Å². The second-order valence-corrected chi connectivity index (χ2v) is 6.71. The number of likely N-dealkylation sites (tertiary alicyclic amines) is 1. The molecule has 1 heterocycles.